The molecule has 0 aliphatic heterocycles. The molecule has 0 aliphatic carbocycles. The standard InChI is InChI=1S/C17H19F2N3/c1-11-6-7-13(10-12(11)2)22-17(20)21-9-8-14-15(18)4-3-5-16(14)19/h3-7,10H,8-9H2,1-2H3,(H3,20,21,22). The molecule has 2 aromatic rings. The Morgan fingerprint density at radius 2 is 1.77 bits per heavy atom. The predicted octanol–water partition coefficient (Wildman–Crippen LogP) is 3.55. The third kappa shape index (κ3) is 4.04. The summed E-state index contributed by atoms with van der Waals surface area (Å²) in [6, 6.07) is 9.67. The van der Waals surface area contributed by atoms with Crippen molar-refractivity contribution in [1.29, 1.82) is 0 Å². The number of benzene rings is 2. The number of hydrogen-bond donors (Lipinski definition) is 2. The number of guanidine groups is 1. The molecule has 0 fully saturated rings. The third-order valence-corrected chi connectivity index (χ3v) is 3.48. The average Bonchev–Trinajstić information content (AvgIpc) is 2.46. The molecule has 0 atom stereocenters. The number of anilines is 1. The first-order valence-electron chi connectivity index (χ1n) is 7.04. The number of hydrogen-bond acceptors (Lipinski definition) is 1. The number of nitrogens with one attached hydrogen (secondary N) is 1. The number of aliphatic imine (C=N–C) groups is 1. The Labute approximate surface area is 128 Å². The predicted molar refractivity (Wildman–Crippen MR) is 86.1 cm³/mol. The lowest BCUT2D eigenvalue weighted by molar-refractivity contribution is 0.556. The number of halogens is 2. The summed E-state index contributed by atoms with van der Waals surface area (Å²) in [6.45, 7) is 4.25. The maximum Gasteiger partial charge on any atom is 0.193 e. The van der Waals surface area contributed by atoms with E-state index in [-0.39, 0.29) is 24.5 Å². The first kappa shape index (κ1) is 15.9. The molecule has 116 valence electrons. The van der Waals surface area contributed by atoms with E-state index in [0.29, 0.717) is 0 Å². The molecule has 0 heterocycles. The van der Waals surface area contributed by atoms with Crippen LogP contribution in [0.15, 0.2) is 41.4 Å². The topological polar surface area (TPSA) is 50.4 Å². The molecule has 22 heavy (non-hydrogen) atoms. The molecule has 0 saturated heterocycles. The highest BCUT2D eigenvalue weighted by Gasteiger charge is 2.07. The summed E-state index contributed by atoms with van der Waals surface area (Å²) in [5.74, 6) is -0.896. The van der Waals surface area contributed by atoms with Crippen LogP contribution >= 0.6 is 0 Å². The highest BCUT2D eigenvalue weighted by molar-refractivity contribution is 5.92. The van der Waals surface area contributed by atoms with Gasteiger partial charge in [0.05, 0.1) is 0 Å². The number of nitrogens with two attached hydrogens (primary N) is 1. The van der Waals surface area contributed by atoms with Gasteiger partial charge >= 0.3 is 0 Å². The summed E-state index contributed by atoms with van der Waals surface area (Å²) in [6.07, 6.45) is 0.161. The van der Waals surface area contributed by atoms with Gasteiger partial charge in [-0.3, -0.25) is 4.99 Å². The van der Waals surface area contributed by atoms with E-state index >= 15 is 0 Å². The van der Waals surface area contributed by atoms with E-state index in [9.17, 15) is 8.78 Å². The van der Waals surface area contributed by atoms with Crippen LogP contribution in [-0.4, -0.2) is 12.5 Å². The van der Waals surface area contributed by atoms with Crippen LogP contribution in [0.4, 0.5) is 14.5 Å². The van der Waals surface area contributed by atoms with Crippen molar-refractivity contribution in [2.45, 2.75) is 20.3 Å². The molecule has 0 aliphatic rings. The van der Waals surface area contributed by atoms with Gasteiger partial charge in [0.2, 0.25) is 0 Å². The lowest BCUT2D eigenvalue weighted by Crippen LogP contribution is -2.23. The van der Waals surface area contributed by atoms with Crippen molar-refractivity contribution in [1.82, 2.24) is 0 Å². The van der Waals surface area contributed by atoms with Gasteiger partial charge in [-0.25, -0.2) is 8.78 Å². The van der Waals surface area contributed by atoms with E-state index in [0.717, 1.165) is 11.3 Å². The molecule has 3 nitrogen and oxygen atoms in total. The Bertz CT molecular complexity index is 676. The quantitative estimate of drug-likeness (QED) is 0.670. The SMILES string of the molecule is Cc1ccc(NC(N)=NCCc2c(F)cccc2F)cc1C. The van der Waals surface area contributed by atoms with E-state index in [1.807, 2.05) is 32.0 Å². The maximum atomic E-state index is 13.5. The minimum atomic E-state index is -0.559. The molecule has 0 saturated carbocycles. The van der Waals surface area contributed by atoms with Crippen molar-refractivity contribution >= 4 is 11.6 Å². The van der Waals surface area contributed by atoms with Crippen molar-refractivity contribution in [3.8, 4) is 0 Å². The lowest BCUT2D eigenvalue weighted by atomic mass is 10.1. The third-order valence-electron chi connectivity index (χ3n) is 3.48. The summed E-state index contributed by atoms with van der Waals surface area (Å²) in [5, 5.41) is 2.97. The van der Waals surface area contributed by atoms with Crippen molar-refractivity contribution in [3.05, 3.63) is 64.7 Å². The first-order valence-corrected chi connectivity index (χ1v) is 7.04. The smallest absolute Gasteiger partial charge is 0.193 e. The van der Waals surface area contributed by atoms with Crippen LogP contribution in [0.2, 0.25) is 0 Å². The Kier molecular flexibility index (Phi) is 5.09. The number of nitrogens with zero attached hydrogens (tertiary/aromatic N) is 1. The molecule has 2 aromatic carbocycles. The zero-order valence-corrected chi connectivity index (χ0v) is 12.7. The van der Waals surface area contributed by atoms with Crippen molar-refractivity contribution in [3.63, 3.8) is 0 Å². The van der Waals surface area contributed by atoms with E-state index < -0.39 is 11.6 Å². The number of aryl methyl sites for hydroxylation is 2. The van der Waals surface area contributed by atoms with Crippen molar-refractivity contribution in [2.75, 3.05) is 11.9 Å². The molecule has 0 bridgehead atoms. The van der Waals surface area contributed by atoms with E-state index in [1.165, 1.54) is 23.8 Å². The molecule has 0 amide bonds. The molecular weight excluding hydrogens is 284 g/mol. The normalized spacial score (nSPS) is 11.5. The molecule has 2 rings (SSSR count). The lowest BCUT2D eigenvalue weighted by Gasteiger charge is -2.08. The molecule has 5 heteroatoms. The molecular formula is C17H19F2N3. The summed E-state index contributed by atoms with van der Waals surface area (Å²) in [5.41, 5.74) is 8.99. The Hall–Kier alpha value is -2.43. The fraction of sp³-hybridized carbons (Fsp3) is 0.235. The maximum absolute atomic E-state index is 13.5. The largest absolute Gasteiger partial charge is 0.370 e. The van der Waals surface area contributed by atoms with Gasteiger partial charge in [0, 0.05) is 17.8 Å². The van der Waals surface area contributed by atoms with Gasteiger partial charge in [0.1, 0.15) is 11.6 Å². The monoisotopic (exact) mass is 303 g/mol. The van der Waals surface area contributed by atoms with Gasteiger partial charge < -0.3 is 11.1 Å². The zero-order chi connectivity index (χ0) is 16.1. The first-order chi connectivity index (χ1) is 10.5. The van der Waals surface area contributed by atoms with Crippen molar-refractivity contribution in [2.24, 2.45) is 10.7 Å². The van der Waals surface area contributed by atoms with E-state index in [1.54, 1.807) is 0 Å². The van der Waals surface area contributed by atoms with Crippen LogP contribution in [0.1, 0.15) is 16.7 Å². The van der Waals surface area contributed by atoms with Crippen LogP contribution in [0.5, 0.6) is 0 Å². The summed E-state index contributed by atoms with van der Waals surface area (Å²) in [7, 11) is 0. The van der Waals surface area contributed by atoms with Gasteiger partial charge in [-0.1, -0.05) is 12.1 Å². The fourth-order valence-electron chi connectivity index (χ4n) is 2.07. The highest BCUT2D eigenvalue weighted by atomic mass is 19.1. The zero-order valence-electron chi connectivity index (χ0n) is 12.7. The molecule has 0 radical (unpaired) electrons. The molecule has 0 unspecified atom stereocenters. The minimum absolute atomic E-state index is 0.0326. The summed E-state index contributed by atoms with van der Waals surface area (Å²) < 4.78 is 26.9. The second-order valence-corrected chi connectivity index (χ2v) is 5.14. The molecule has 0 aromatic heterocycles. The molecule has 0 spiro atoms. The summed E-state index contributed by atoms with van der Waals surface area (Å²) in [4.78, 5) is 4.10. The highest BCUT2D eigenvalue weighted by Crippen LogP contribution is 2.14. The van der Waals surface area contributed by atoms with Crippen LogP contribution < -0.4 is 11.1 Å². The van der Waals surface area contributed by atoms with Crippen LogP contribution in [-0.2, 0) is 6.42 Å². The summed E-state index contributed by atoms with van der Waals surface area (Å²) >= 11 is 0. The van der Waals surface area contributed by atoms with Gasteiger partial charge in [0.25, 0.3) is 0 Å². The second kappa shape index (κ2) is 7.02. The van der Waals surface area contributed by atoms with Gasteiger partial charge in [-0.05, 0) is 55.7 Å². The van der Waals surface area contributed by atoms with E-state index in [2.05, 4.69) is 10.3 Å². The van der Waals surface area contributed by atoms with Gasteiger partial charge in [-0.15, -0.1) is 0 Å². The van der Waals surface area contributed by atoms with Crippen molar-refractivity contribution < 1.29 is 8.78 Å². The Morgan fingerprint density at radius 1 is 1.09 bits per heavy atom. The second-order valence-electron chi connectivity index (χ2n) is 5.14. The Balaban J connectivity index is 1.97. The van der Waals surface area contributed by atoms with Crippen LogP contribution in [0.25, 0.3) is 0 Å². The van der Waals surface area contributed by atoms with Crippen LogP contribution in [0, 0.1) is 25.5 Å². The fourth-order valence-corrected chi connectivity index (χ4v) is 2.07. The number of rotatable bonds is 4. The van der Waals surface area contributed by atoms with Crippen LogP contribution in [0.3, 0.4) is 0 Å². The Morgan fingerprint density at radius 3 is 2.41 bits per heavy atom. The van der Waals surface area contributed by atoms with Gasteiger partial charge in [0.15, 0.2) is 5.96 Å². The van der Waals surface area contributed by atoms with E-state index in [4.69, 9.17) is 5.73 Å². The van der Waals surface area contributed by atoms with Gasteiger partial charge in [-0.2, -0.15) is 0 Å². The molecule has 3 N–H and O–H groups in total. The average molecular weight is 303 g/mol. The minimum Gasteiger partial charge on any atom is -0.370 e.